The van der Waals surface area contributed by atoms with E-state index in [9.17, 15) is 14.0 Å². The summed E-state index contributed by atoms with van der Waals surface area (Å²) in [4.78, 5) is 25.4. The zero-order valence-electron chi connectivity index (χ0n) is 11.0. The van der Waals surface area contributed by atoms with Gasteiger partial charge >= 0.3 is 0 Å². The second-order valence-electron chi connectivity index (χ2n) is 5.02. The summed E-state index contributed by atoms with van der Waals surface area (Å²) in [7, 11) is 0. The molecule has 1 saturated heterocycles. The minimum Gasteiger partial charge on any atom is -0.347 e. The average Bonchev–Trinajstić information content (AvgIpc) is 2.71. The van der Waals surface area contributed by atoms with Gasteiger partial charge in [-0.15, -0.1) is 0 Å². The quantitative estimate of drug-likeness (QED) is 0.900. The normalized spacial score (nSPS) is 19.1. The first kappa shape index (κ1) is 13.5. The van der Waals surface area contributed by atoms with Crippen molar-refractivity contribution in [3.63, 3.8) is 0 Å². The highest BCUT2D eigenvalue weighted by Gasteiger charge is 2.32. The molecule has 102 valence electrons. The first-order valence-electron chi connectivity index (χ1n) is 6.33. The summed E-state index contributed by atoms with van der Waals surface area (Å²) in [5.74, 6) is -0.596. The van der Waals surface area contributed by atoms with Gasteiger partial charge in [-0.1, -0.05) is 0 Å². The van der Waals surface area contributed by atoms with E-state index in [1.807, 2.05) is 13.8 Å². The Balaban J connectivity index is 1.97. The van der Waals surface area contributed by atoms with E-state index in [0.29, 0.717) is 18.5 Å². The van der Waals surface area contributed by atoms with E-state index in [2.05, 4.69) is 5.32 Å². The van der Waals surface area contributed by atoms with Crippen molar-refractivity contribution in [1.29, 1.82) is 0 Å². The predicted octanol–water partition coefficient (Wildman–Crippen LogP) is 1.56. The molecule has 0 saturated carbocycles. The van der Waals surface area contributed by atoms with Gasteiger partial charge in [0.15, 0.2) is 0 Å². The third kappa shape index (κ3) is 3.10. The third-order valence-electron chi connectivity index (χ3n) is 3.22. The monoisotopic (exact) mass is 264 g/mol. The van der Waals surface area contributed by atoms with Crippen LogP contribution >= 0.6 is 0 Å². The second kappa shape index (κ2) is 5.38. The number of likely N-dealkylation sites (tertiary alicyclic amines) is 1. The summed E-state index contributed by atoms with van der Waals surface area (Å²) >= 11 is 0. The molecule has 1 atom stereocenters. The minimum absolute atomic E-state index is 0.0550. The maximum atomic E-state index is 12.8. The molecule has 4 nitrogen and oxygen atoms in total. The van der Waals surface area contributed by atoms with Gasteiger partial charge in [-0.05, 0) is 38.1 Å². The number of carbonyl (C=O) groups excluding carboxylic acids is 2. The van der Waals surface area contributed by atoms with Crippen LogP contribution in [0.4, 0.5) is 4.39 Å². The van der Waals surface area contributed by atoms with Crippen molar-refractivity contribution >= 4 is 11.8 Å². The number of nitrogens with one attached hydrogen (secondary N) is 1. The Morgan fingerprint density at radius 2 is 2.00 bits per heavy atom. The van der Waals surface area contributed by atoms with E-state index in [0.717, 1.165) is 0 Å². The molecule has 2 amide bonds. The molecule has 1 aliphatic heterocycles. The van der Waals surface area contributed by atoms with Gasteiger partial charge in [0.25, 0.3) is 5.91 Å². The van der Waals surface area contributed by atoms with Crippen molar-refractivity contribution in [2.24, 2.45) is 0 Å². The summed E-state index contributed by atoms with van der Waals surface area (Å²) in [6, 6.07) is 5.32. The van der Waals surface area contributed by atoms with Crippen LogP contribution in [0.3, 0.4) is 0 Å². The zero-order valence-corrected chi connectivity index (χ0v) is 11.0. The predicted molar refractivity (Wildman–Crippen MR) is 69.1 cm³/mol. The molecule has 1 aliphatic rings. The lowest BCUT2D eigenvalue weighted by atomic mass is 10.2. The molecule has 1 N–H and O–H groups in total. The summed E-state index contributed by atoms with van der Waals surface area (Å²) < 4.78 is 12.8. The van der Waals surface area contributed by atoms with Crippen LogP contribution in [0.5, 0.6) is 0 Å². The zero-order chi connectivity index (χ0) is 14.0. The highest BCUT2D eigenvalue weighted by Crippen LogP contribution is 2.15. The fourth-order valence-corrected chi connectivity index (χ4v) is 2.20. The van der Waals surface area contributed by atoms with Gasteiger partial charge in [0.05, 0.1) is 6.04 Å². The molecule has 1 aromatic carbocycles. The summed E-state index contributed by atoms with van der Waals surface area (Å²) in [5, 5.41) is 2.81. The van der Waals surface area contributed by atoms with Gasteiger partial charge in [0.1, 0.15) is 5.82 Å². The van der Waals surface area contributed by atoms with Gasteiger partial charge in [-0.3, -0.25) is 9.59 Å². The molecular formula is C14H17FN2O2. The third-order valence-corrected chi connectivity index (χ3v) is 3.22. The van der Waals surface area contributed by atoms with Crippen LogP contribution in [0.15, 0.2) is 24.3 Å². The Labute approximate surface area is 111 Å². The number of nitrogens with zero attached hydrogens (tertiary/aromatic N) is 1. The molecule has 1 unspecified atom stereocenters. The highest BCUT2D eigenvalue weighted by atomic mass is 19.1. The van der Waals surface area contributed by atoms with Crippen molar-refractivity contribution in [2.75, 3.05) is 6.54 Å². The van der Waals surface area contributed by atoms with Crippen molar-refractivity contribution in [3.8, 4) is 0 Å². The largest absolute Gasteiger partial charge is 0.347 e. The number of rotatable bonds is 3. The highest BCUT2D eigenvalue weighted by molar-refractivity contribution is 5.95. The van der Waals surface area contributed by atoms with Crippen LogP contribution < -0.4 is 5.32 Å². The fraction of sp³-hybridized carbons (Fsp3) is 0.429. The number of carbonyl (C=O) groups is 2. The molecular weight excluding hydrogens is 247 g/mol. The Bertz CT molecular complexity index is 485. The summed E-state index contributed by atoms with van der Waals surface area (Å²) in [5.41, 5.74) is 0.400. The van der Waals surface area contributed by atoms with Crippen molar-refractivity contribution in [2.45, 2.75) is 32.4 Å². The van der Waals surface area contributed by atoms with Crippen LogP contribution in [0.2, 0.25) is 0 Å². The van der Waals surface area contributed by atoms with E-state index in [4.69, 9.17) is 0 Å². The van der Waals surface area contributed by atoms with Crippen LogP contribution in [0.1, 0.15) is 30.6 Å². The van der Waals surface area contributed by atoms with Crippen LogP contribution in [-0.4, -0.2) is 35.3 Å². The molecule has 0 radical (unpaired) electrons. The Kier molecular flexibility index (Phi) is 3.83. The van der Waals surface area contributed by atoms with E-state index in [-0.39, 0.29) is 29.7 Å². The summed E-state index contributed by atoms with van der Waals surface area (Å²) in [6.45, 7) is 4.42. The van der Waals surface area contributed by atoms with E-state index >= 15 is 0 Å². The van der Waals surface area contributed by atoms with E-state index < -0.39 is 0 Å². The molecule has 0 bridgehead atoms. The average molecular weight is 264 g/mol. The Morgan fingerprint density at radius 1 is 1.37 bits per heavy atom. The van der Waals surface area contributed by atoms with Crippen molar-refractivity contribution in [1.82, 2.24) is 10.2 Å². The Hall–Kier alpha value is -1.91. The van der Waals surface area contributed by atoms with Crippen molar-refractivity contribution < 1.29 is 14.0 Å². The minimum atomic E-state index is -0.376. The number of amides is 2. The maximum absolute atomic E-state index is 12.8. The molecule has 2 rings (SSSR count). The van der Waals surface area contributed by atoms with E-state index in [1.54, 1.807) is 4.90 Å². The smallest absolute Gasteiger partial charge is 0.251 e. The molecule has 1 heterocycles. The lowest BCUT2D eigenvalue weighted by Crippen LogP contribution is -2.38. The molecule has 1 fully saturated rings. The molecule has 19 heavy (non-hydrogen) atoms. The molecule has 0 aliphatic carbocycles. The maximum Gasteiger partial charge on any atom is 0.251 e. The number of hydrogen-bond acceptors (Lipinski definition) is 2. The molecule has 1 aromatic rings. The van der Waals surface area contributed by atoms with Gasteiger partial charge in [0.2, 0.25) is 5.91 Å². The standard InChI is InChI=1S/C14H17FN2O2/c1-9(2)17-8-12(7-13(17)18)16-14(19)10-3-5-11(15)6-4-10/h3-6,9,12H,7-8H2,1-2H3,(H,16,19). The van der Waals surface area contributed by atoms with Crippen LogP contribution in [0.25, 0.3) is 0 Å². The lowest BCUT2D eigenvalue weighted by molar-refractivity contribution is -0.129. The summed E-state index contributed by atoms with van der Waals surface area (Å²) in [6.07, 6.45) is 0.325. The molecule has 0 spiro atoms. The second-order valence-corrected chi connectivity index (χ2v) is 5.02. The van der Waals surface area contributed by atoms with Gasteiger partial charge in [0, 0.05) is 24.6 Å². The fourth-order valence-electron chi connectivity index (χ4n) is 2.20. The topological polar surface area (TPSA) is 49.4 Å². The van der Waals surface area contributed by atoms with Gasteiger partial charge < -0.3 is 10.2 Å². The number of halogens is 1. The SMILES string of the molecule is CC(C)N1CC(NC(=O)c2ccc(F)cc2)CC1=O. The molecule has 0 aromatic heterocycles. The van der Waals surface area contributed by atoms with E-state index in [1.165, 1.54) is 24.3 Å². The number of hydrogen-bond donors (Lipinski definition) is 1. The first-order chi connectivity index (χ1) is 8.97. The van der Waals surface area contributed by atoms with Crippen LogP contribution in [-0.2, 0) is 4.79 Å². The van der Waals surface area contributed by atoms with Gasteiger partial charge in [-0.2, -0.15) is 0 Å². The lowest BCUT2D eigenvalue weighted by Gasteiger charge is -2.21. The van der Waals surface area contributed by atoms with Crippen LogP contribution in [0, 0.1) is 5.82 Å². The van der Waals surface area contributed by atoms with Gasteiger partial charge in [-0.25, -0.2) is 4.39 Å². The first-order valence-corrected chi connectivity index (χ1v) is 6.33. The number of benzene rings is 1. The molecule has 5 heteroatoms. The Morgan fingerprint density at radius 3 is 2.53 bits per heavy atom. The van der Waals surface area contributed by atoms with Crippen molar-refractivity contribution in [3.05, 3.63) is 35.6 Å².